The van der Waals surface area contributed by atoms with Crippen LogP contribution >= 0.6 is 0 Å². The van der Waals surface area contributed by atoms with E-state index in [-0.39, 0.29) is 5.91 Å². The first kappa shape index (κ1) is 12.9. The molecule has 1 aromatic rings. The van der Waals surface area contributed by atoms with E-state index in [4.69, 9.17) is 5.73 Å². The average molecular weight is 247 g/mol. The van der Waals surface area contributed by atoms with E-state index in [0.29, 0.717) is 12.6 Å². The number of hydrogen-bond acceptors (Lipinski definition) is 3. The minimum absolute atomic E-state index is 0.0524. The SMILES string of the molecule is CCN(CC(=O)Nc1ccc(N)cc1C)C1CC1. The molecule has 0 atom stereocenters. The molecule has 0 unspecified atom stereocenters. The fourth-order valence-corrected chi connectivity index (χ4v) is 2.14. The summed E-state index contributed by atoms with van der Waals surface area (Å²) in [6.45, 7) is 5.45. The highest BCUT2D eigenvalue weighted by molar-refractivity contribution is 5.93. The van der Waals surface area contributed by atoms with Crippen molar-refractivity contribution < 1.29 is 4.79 Å². The normalized spacial score (nSPS) is 14.8. The molecule has 1 saturated carbocycles. The summed E-state index contributed by atoms with van der Waals surface area (Å²) in [6, 6.07) is 6.15. The fourth-order valence-electron chi connectivity index (χ4n) is 2.14. The Hall–Kier alpha value is -1.55. The zero-order valence-electron chi connectivity index (χ0n) is 11.1. The Morgan fingerprint density at radius 3 is 2.78 bits per heavy atom. The van der Waals surface area contributed by atoms with Crippen molar-refractivity contribution in [2.75, 3.05) is 24.1 Å². The van der Waals surface area contributed by atoms with Crippen LogP contribution in [0.25, 0.3) is 0 Å². The molecule has 98 valence electrons. The predicted molar refractivity (Wildman–Crippen MR) is 74.5 cm³/mol. The second kappa shape index (κ2) is 5.40. The maximum absolute atomic E-state index is 12.0. The molecule has 0 aliphatic heterocycles. The molecule has 0 saturated heterocycles. The van der Waals surface area contributed by atoms with Crippen molar-refractivity contribution >= 4 is 17.3 Å². The zero-order valence-corrected chi connectivity index (χ0v) is 11.1. The van der Waals surface area contributed by atoms with E-state index in [1.165, 1.54) is 12.8 Å². The molecule has 4 heteroatoms. The van der Waals surface area contributed by atoms with Crippen LogP contribution in [0, 0.1) is 6.92 Å². The van der Waals surface area contributed by atoms with Crippen molar-refractivity contribution in [2.45, 2.75) is 32.7 Å². The number of anilines is 2. The number of benzene rings is 1. The van der Waals surface area contributed by atoms with E-state index >= 15 is 0 Å². The highest BCUT2D eigenvalue weighted by Crippen LogP contribution is 2.26. The topological polar surface area (TPSA) is 58.4 Å². The maximum atomic E-state index is 12.0. The molecule has 0 radical (unpaired) electrons. The summed E-state index contributed by atoms with van der Waals surface area (Å²) in [5, 5.41) is 2.95. The van der Waals surface area contributed by atoms with E-state index < -0.39 is 0 Å². The Kier molecular flexibility index (Phi) is 3.87. The molecule has 3 N–H and O–H groups in total. The molecule has 4 nitrogen and oxygen atoms in total. The van der Waals surface area contributed by atoms with Gasteiger partial charge in [0.2, 0.25) is 5.91 Å². The number of nitrogens with zero attached hydrogens (tertiary/aromatic N) is 1. The van der Waals surface area contributed by atoms with Crippen molar-refractivity contribution in [1.29, 1.82) is 0 Å². The molecule has 1 amide bonds. The van der Waals surface area contributed by atoms with Crippen LogP contribution in [0.3, 0.4) is 0 Å². The van der Waals surface area contributed by atoms with Gasteiger partial charge in [-0.1, -0.05) is 6.92 Å². The number of carbonyl (C=O) groups excluding carboxylic acids is 1. The van der Waals surface area contributed by atoms with Crippen molar-refractivity contribution in [3.05, 3.63) is 23.8 Å². The third kappa shape index (κ3) is 3.23. The van der Waals surface area contributed by atoms with Gasteiger partial charge in [-0.05, 0) is 50.1 Å². The molecule has 0 bridgehead atoms. The number of nitrogens with two attached hydrogens (primary N) is 1. The number of likely N-dealkylation sites (N-methyl/N-ethyl adjacent to an activating group) is 1. The van der Waals surface area contributed by atoms with Gasteiger partial charge in [0.25, 0.3) is 0 Å². The lowest BCUT2D eigenvalue weighted by Crippen LogP contribution is -2.34. The minimum atomic E-state index is 0.0524. The van der Waals surface area contributed by atoms with Crippen LogP contribution in [0.1, 0.15) is 25.3 Å². The maximum Gasteiger partial charge on any atom is 0.238 e. The second-order valence-electron chi connectivity index (χ2n) is 4.92. The Morgan fingerprint density at radius 2 is 2.22 bits per heavy atom. The van der Waals surface area contributed by atoms with Crippen LogP contribution in [-0.2, 0) is 4.79 Å². The van der Waals surface area contributed by atoms with Gasteiger partial charge in [-0.2, -0.15) is 0 Å². The van der Waals surface area contributed by atoms with Crippen molar-refractivity contribution in [3.8, 4) is 0 Å². The smallest absolute Gasteiger partial charge is 0.238 e. The zero-order chi connectivity index (χ0) is 13.1. The van der Waals surface area contributed by atoms with Crippen LogP contribution in [-0.4, -0.2) is 29.9 Å². The van der Waals surface area contributed by atoms with Crippen LogP contribution in [0.5, 0.6) is 0 Å². The summed E-state index contributed by atoms with van der Waals surface area (Å²) in [4.78, 5) is 14.2. The van der Waals surface area contributed by atoms with Gasteiger partial charge in [-0.3, -0.25) is 9.69 Å². The monoisotopic (exact) mass is 247 g/mol. The average Bonchev–Trinajstić information content (AvgIpc) is 3.14. The summed E-state index contributed by atoms with van der Waals surface area (Å²) < 4.78 is 0. The number of hydrogen-bond donors (Lipinski definition) is 2. The van der Waals surface area contributed by atoms with Crippen LogP contribution in [0.15, 0.2) is 18.2 Å². The van der Waals surface area contributed by atoms with Crippen LogP contribution in [0.2, 0.25) is 0 Å². The molecule has 2 rings (SSSR count). The molecular formula is C14H21N3O. The second-order valence-corrected chi connectivity index (χ2v) is 4.92. The Balaban J connectivity index is 1.93. The molecule has 1 aliphatic rings. The first-order chi connectivity index (χ1) is 8.60. The number of aryl methyl sites for hydroxylation is 1. The van der Waals surface area contributed by atoms with E-state index in [1.807, 2.05) is 19.1 Å². The Bertz CT molecular complexity index is 441. The van der Waals surface area contributed by atoms with E-state index in [9.17, 15) is 4.79 Å². The van der Waals surface area contributed by atoms with Gasteiger partial charge in [-0.25, -0.2) is 0 Å². The molecule has 1 fully saturated rings. The van der Waals surface area contributed by atoms with Gasteiger partial charge < -0.3 is 11.1 Å². The van der Waals surface area contributed by atoms with E-state index in [1.54, 1.807) is 6.07 Å². The predicted octanol–water partition coefficient (Wildman–Crippen LogP) is 2.00. The first-order valence-electron chi connectivity index (χ1n) is 6.50. The first-order valence-corrected chi connectivity index (χ1v) is 6.50. The molecule has 0 aromatic heterocycles. The van der Waals surface area contributed by atoms with E-state index in [2.05, 4.69) is 17.1 Å². The highest BCUT2D eigenvalue weighted by atomic mass is 16.2. The van der Waals surface area contributed by atoms with E-state index in [0.717, 1.165) is 23.5 Å². The Morgan fingerprint density at radius 1 is 1.50 bits per heavy atom. The summed E-state index contributed by atoms with van der Waals surface area (Å²) in [5.74, 6) is 0.0524. The molecular weight excluding hydrogens is 226 g/mol. The van der Waals surface area contributed by atoms with Crippen molar-refractivity contribution in [3.63, 3.8) is 0 Å². The molecule has 18 heavy (non-hydrogen) atoms. The van der Waals surface area contributed by atoms with Gasteiger partial charge in [0.15, 0.2) is 0 Å². The standard InChI is InChI=1S/C14H21N3O/c1-3-17(12-5-6-12)9-14(18)16-13-7-4-11(15)8-10(13)2/h4,7-8,12H,3,5-6,9,15H2,1-2H3,(H,16,18). The molecule has 1 aromatic carbocycles. The molecule has 0 heterocycles. The summed E-state index contributed by atoms with van der Waals surface area (Å²) in [5.41, 5.74) is 8.25. The molecule has 0 spiro atoms. The number of nitrogens with one attached hydrogen (secondary N) is 1. The lowest BCUT2D eigenvalue weighted by Gasteiger charge is -2.19. The summed E-state index contributed by atoms with van der Waals surface area (Å²) in [6.07, 6.45) is 2.45. The molecule has 1 aliphatic carbocycles. The van der Waals surface area contributed by atoms with Gasteiger partial charge >= 0.3 is 0 Å². The summed E-state index contributed by atoms with van der Waals surface area (Å²) in [7, 11) is 0. The van der Waals surface area contributed by atoms with Crippen LogP contribution in [0.4, 0.5) is 11.4 Å². The van der Waals surface area contributed by atoms with Gasteiger partial charge in [0.05, 0.1) is 6.54 Å². The lowest BCUT2D eigenvalue weighted by atomic mass is 10.2. The quantitative estimate of drug-likeness (QED) is 0.782. The fraction of sp³-hybridized carbons (Fsp3) is 0.500. The minimum Gasteiger partial charge on any atom is -0.399 e. The van der Waals surface area contributed by atoms with Crippen molar-refractivity contribution in [1.82, 2.24) is 4.90 Å². The number of nitrogen functional groups attached to an aromatic ring is 1. The Labute approximate surface area is 108 Å². The highest BCUT2D eigenvalue weighted by Gasteiger charge is 2.28. The van der Waals surface area contributed by atoms with Gasteiger partial charge in [-0.15, -0.1) is 0 Å². The largest absolute Gasteiger partial charge is 0.399 e. The third-order valence-electron chi connectivity index (χ3n) is 3.34. The lowest BCUT2D eigenvalue weighted by molar-refractivity contribution is -0.117. The van der Waals surface area contributed by atoms with Crippen LogP contribution < -0.4 is 11.1 Å². The van der Waals surface area contributed by atoms with Gasteiger partial charge in [0, 0.05) is 17.4 Å². The summed E-state index contributed by atoms with van der Waals surface area (Å²) >= 11 is 0. The van der Waals surface area contributed by atoms with Crippen molar-refractivity contribution in [2.24, 2.45) is 0 Å². The van der Waals surface area contributed by atoms with Gasteiger partial charge in [0.1, 0.15) is 0 Å². The third-order valence-corrected chi connectivity index (χ3v) is 3.34. The number of carbonyl (C=O) groups is 1. The number of amides is 1. The number of rotatable bonds is 5.